The predicted molar refractivity (Wildman–Crippen MR) is 98.5 cm³/mol. The number of nitrogen functional groups attached to an aromatic ring is 1. The zero-order valence-electron chi connectivity index (χ0n) is 14.7. The largest absolute Gasteiger partial charge is 0.474 e. The number of aromatic nitrogens is 3. The average molecular weight is 441 g/mol. The molecule has 27 heavy (non-hydrogen) atoms. The van der Waals surface area contributed by atoms with Gasteiger partial charge < -0.3 is 15.0 Å². The Morgan fingerprint density at radius 3 is 2.30 bits per heavy atom. The van der Waals surface area contributed by atoms with E-state index < -0.39 is 28.8 Å². The van der Waals surface area contributed by atoms with Crippen LogP contribution in [0, 0.1) is 17.5 Å². The fourth-order valence-electron chi connectivity index (χ4n) is 2.74. The van der Waals surface area contributed by atoms with Gasteiger partial charge in [-0.05, 0) is 48.0 Å². The molecule has 5 nitrogen and oxygen atoms in total. The van der Waals surface area contributed by atoms with Gasteiger partial charge in [-0.15, -0.1) is 10.2 Å². The molecule has 0 aliphatic heterocycles. The molecule has 0 bridgehead atoms. The summed E-state index contributed by atoms with van der Waals surface area (Å²) in [5.41, 5.74) is 4.77. The molecule has 3 aromatic rings. The van der Waals surface area contributed by atoms with Gasteiger partial charge in [-0.3, -0.25) is 0 Å². The molecule has 142 valence electrons. The number of hydrogen-bond donors (Lipinski definition) is 1. The molecule has 9 heteroatoms. The minimum atomic E-state index is -1.22. The van der Waals surface area contributed by atoms with Crippen molar-refractivity contribution in [1.82, 2.24) is 14.8 Å². The Balaban J connectivity index is 2.00. The molecular weight excluding hydrogens is 425 g/mol. The van der Waals surface area contributed by atoms with Crippen molar-refractivity contribution >= 4 is 21.6 Å². The molecule has 0 aliphatic carbocycles. The minimum absolute atomic E-state index is 0.0442. The molecule has 0 amide bonds. The van der Waals surface area contributed by atoms with E-state index in [0.717, 1.165) is 12.1 Å². The summed E-state index contributed by atoms with van der Waals surface area (Å²) >= 11 is 3.29. The highest BCUT2D eigenvalue weighted by atomic mass is 79.9. The van der Waals surface area contributed by atoms with Crippen LogP contribution in [0.2, 0.25) is 0 Å². The van der Waals surface area contributed by atoms with Crippen LogP contribution in [-0.4, -0.2) is 14.8 Å². The topological polar surface area (TPSA) is 66.0 Å². The van der Waals surface area contributed by atoms with E-state index in [4.69, 9.17) is 10.5 Å². The quantitative estimate of drug-likeness (QED) is 0.603. The third-order valence-electron chi connectivity index (χ3n) is 3.96. The van der Waals surface area contributed by atoms with Crippen LogP contribution in [0.4, 0.5) is 18.9 Å². The number of ether oxygens (including phenoxy) is 1. The maximum absolute atomic E-state index is 14.1. The van der Waals surface area contributed by atoms with Gasteiger partial charge in [0.25, 0.3) is 0 Å². The van der Waals surface area contributed by atoms with Crippen LogP contribution in [-0.2, 0) is 12.6 Å². The highest BCUT2D eigenvalue weighted by molar-refractivity contribution is 9.10. The van der Waals surface area contributed by atoms with E-state index in [1.807, 2.05) is 0 Å². The Bertz CT molecular complexity index is 997. The molecule has 0 atom stereocenters. The normalized spacial score (nSPS) is 11.7. The molecule has 3 rings (SSSR count). The molecule has 0 saturated heterocycles. The zero-order chi connectivity index (χ0) is 19.9. The van der Waals surface area contributed by atoms with Crippen molar-refractivity contribution in [2.24, 2.45) is 7.05 Å². The number of halogens is 4. The summed E-state index contributed by atoms with van der Waals surface area (Å²) in [6, 6.07) is 6.12. The Labute approximate surface area is 162 Å². The first-order valence-electron chi connectivity index (χ1n) is 7.89. The van der Waals surface area contributed by atoms with E-state index >= 15 is 0 Å². The van der Waals surface area contributed by atoms with Crippen molar-refractivity contribution < 1.29 is 17.9 Å². The second kappa shape index (κ2) is 6.88. The van der Waals surface area contributed by atoms with Crippen LogP contribution in [0.25, 0.3) is 11.4 Å². The van der Waals surface area contributed by atoms with Gasteiger partial charge in [0.15, 0.2) is 34.6 Å². The van der Waals surface area contributed by atoms with Crippen LogP contribution in [0.1, 0.15) is 19.7 Å². The lowest BCUT2D eigenvalue weighted by molar-refractivity contribution is 0.0837. The van der Waals surface area contributed by atoms with Crippen LogP contribution in [0.3, 0.4) is 0 Å². The van der Waals surface area contributed by atoms with Crippen LogP contribution in [0.5, 0.6) is 5.75 Å². The summed E-state index contributed by atoms with van der Waals surface area (Å²) in [5, 5.41) is 8.22. The van der Waals surface area contributed by atoms with Crippen molar-refractivity contribution in [3.63, 3.8) is 0 Å². The van der Waals surface area contributed by atoms with E-state index in [-0.39, 0.29) is 5.69 Å². The average Bonchev–Trinajstić information content (AvgIpc) is 2.93. The molecule has 1 heterocycles. The van der Waals surface area contributed by atoms with Crippen LogP contribution < -0.4 is 10.5 Å². The summed E-state index contributed by atoms with van der Waals surface area (Å²) in [7, 11) is 1.68. The summed E-state index contributed by atoms with van der Waals surface area (Å²) in [4.78, 5) is 0. The lowest BCUT2D eigenvalue weighted by atomic mass is 10.1. The van der Waals surface area contributed by atoms with Gasteiger partial charge in [-0.1, -0.05) is 0 Å². The Kier molecular flexibility index (Phi) is 4.90. The van der Waals surface area contributed by atoms with E-state index in [0.29, 0.717) is 21.7 Å². The van der Waals surface area contributed by atoms with Gasteiger partial charge >= 0.3 is 0 Å². The first-order chi connectivity index (χ1) is 12.6. The van der Waals surface area contributed by atoms with Crippen molar-refractivity contribution in [3.05, 3.63) is 58.1 Å². The Morgan fingerprint density at radius 1 is 1.07 bits per heavy atom. The van der Waals surface area contributed by atoms with Crippen LogP contribution >= 0.6 is 15.9 Å². The van der Waals surface area contributed by atoms with E-state index in [9.17, 15) is 13.2 Å². The van der Waals surface area contributed by atoms with Gasteiger partial charge in [0.1, 0.15) is 5.82 Å². The van der Waals surface area contributed by atoms with Gasteiger partial charge in [-0.25, -0.2) is 13.2 Å². The molecule has 0 saturated carbocycles. The Morgan fingerprint density at radius 2 is 1.70 bits per heavy atom. The highest BCUT2D eigenvalue weighted by Crippen LogP contribution is 2.34. The number of anilines is 1. The van der Waals surface area contributed by atoms with Crippen molar-refractivity contribution in [1.29, 1.82) is 0 Å². The predicted octanol–water partition coefficient (Wildman–Crippen LogP) is 4.56. The van der Waals surface area contributed by atoms with E-state index in [1.54, 1.807) is 31.5 Å². The molecule has 0 fully saturated rings. The number of nitrogens with zero attached hydrogens (tertiary/aromatic N) is 3. The molecule has 2 aromatic carbocycles. The summed E-state index contributed by atoms with van der Waals surface area (Å²) in [6.07, 6.45) is 0. The maximum Gasteiger partial charge on any atom is 0.192 e. The van der Waals surface area contributed by atoms with E-state index in [2.05, 4.69) is 26.1 Å². The third-order valence-corrected chi connectivity index (χ3v) is 4.62. The lowest BCUT2D eigenvalue weighted by Crippen LogP contribution is -2.30. The maximum atomic E-state index is 14.1. The smallest absolute Gasteiger partial charge is 0.192 e. The highest BCUT2D eigenvalue weighted by Gasteiger charge is 2.32. The third kappa shape index (κ3) is 3.64. The molecule has 1 aromatic heterocycles. The number of hydrogen-bond acceptors (Lipinski definition) is 4. The second-order valence-electron chi connectivity index (χ2n) is 6.46. The number of rotatable bonds is 4. The Hall–Kier alpha value is -2.55. The first-order valence-corrected chi connectivity index (χ1v) is 8.68. The van der Waals surface area contributed by atoms with Gasteiger partial charge in [0.05, 0.1) is 0 Å². The van der Waals surface area contributed by atoms with Crippen molar-refractivity contribution in [3.8, 4) is 17.1 Å². The summed E-state index contributed by atoms with van der Waals surface area (Å²) in [5.74, 6) is -2.02. The van der Waals surface area contributed by atoms with Gasteiger partial charge in [-0.2, -0.15) is 0 Å². The van der Waals surface area contributed by atoms with E-state index in [1.165, 1.54) is 12.1 Å². The van der Waals surface area contributed by atoms with Crippen molar-refractivity contribution in [2.45, 2.75) is 19.4 Å². The fraction of sp³-hybridized carbons (Fsp3) is 0.222. The molecule has 0 spiro atoms. The second-order valence-corrected chi connectivity index (χ2v) is 7.31. The van der Waals surface area contributed by atoms with Gasteiger partial charge in [0, 0.05) is 34.9 Å². The molecule has 0 aliphatic rings. The molecule has 2 N–H and O–H groups in total. The molecule has 0 radical (unpaired) electrons. The number of benzene rings is 2. The minimum Gasteiger partial charge on any atom is -0.474 e. The zero-order valence-corrected chi connectivity index (χ0v) is 16.3. The standard InChI is InChI=1S/C18H16BrF3N4O/c1-18(2,27-15-13(21)7-10(23)8-14(15)22)17-25-24-16(26(17)3)11-5-4-9(20)6-12(11)19/h4-8H,23H2,1-3H3. The first kappa shape index (κ1) is 19.2. The van der Waals surface area contributed by atoms with Crippen molar-refractivity contribution in [2.75, 3.05) is 5.73 Å². The van der Waals surface area contributed by atoms with Crippen LogP contribution in [0.15, 0.2) is 34.8 Å². The van der Waals surface area contributed by atoms with Gasteiger partial charge in [0.2, 0.25) is 0 Å². The fourth-order valence-corrected chi connectivity index (χ4v) is 3.26. The number of nitrogens with two attached hydrogens (primary N) is 1. The molecular formula is C18H16BrF3N4O. The lowest BCUT2D eigenvalue weighted by Gasteiger charge is -2.26. The monoisotopic (exact) mass is 440 g/mol. The summed E-state index contributed by atoms with van der Waals surface area (Å²) < 4.78 is 49.2. The molecule has 0 unspecified atom stereocenters. The SMILES string of the molecule is Cn1c(-c2ccc(F)cc2Br)nnc1C(C)(C)Oc1c(F)cc(N)cc1F. The summed E-state index contributed by atoms with van der Waals surface area (Å²) in [6.45, 7) is 3.21.